The number of aromatic nitrogens is 2. The van der Waals surface area contributed by atoms with Crippen molar-refractivity contribution in [1.29, 1.82) is 0 Å². The lowest BCUT2D eigenvalue weighted by atomic mass is 10.1. The Morgan fingerprint density at radius 3 is 3.05 bits per heavy atom. The predicted molar refractivity (Wildman–Crippen MR) is 81.1 cm³/mol. The third-order valence-electron chi connectivity index (χ3n) is 3.22. The molecule has 0 aliphatic rings. The van der Waals surface area contributed by atoms with E-state index in [1.807, 2.05) is 16.7 Å². The molecule has 3 aromatic rings. The Labute approximate surface area is 120 Å². The van der Waals surface area contributed by atoms with Crippen LogP contribution in [0.3, 0.4) is 0 Å². The highest BCUT2D eigenvalue weighted by Crippen LogP contribution is 2.26. The summed E-state index contributed by atoms with van der Waals surface area (Å²) in [5.41, 5.74) is 7.07. The summed E-state index contributed by atoms with van der Waals surface area (Å²) in [6, 6.07) is 8.14. The summed E-state index contributed by atoms with van der Waals surface area (Å²) in [6.07, 6.45) is 3.82. The van der Waals surface area contributed by atoms with Crippen molar-refractivity contribution in [2.24, 2.45) is 5.73 Å². The maximum absolute atomic E-state index is 12.3. The van der Waals surface area contributed by atoms with E-state index < -0.39 is 0 Å². The van der Waals surface area contributed by atoms with Gasteiger partial charge in [-0.05, 0) is 22.4 Å². The number of fused-ring (bicyclic) bond motifs is 1. The molecule has 0 saturated carbocycles. The molecule has 2 aromatic heterocycles. The molecule has 0 bridgehead atoms. The Kier molecular flexibility index (Phi) is 3.62. The van der Waals surface area contributed by atoms with Crippen molar-refractivity contribution in [1.82, 2.24) is 9.55 Å². The fourth-order valence-electron chi connectivity index (χ4n) is 2.21. The van der Waals surface area contributed by atoms with Crippen LogP contribution < -0.4 is 5.73 Å². The van der Waals surface area contributed by atoms with Crippen LogP contribution in [-0.2, 0) is 13.0 Å². The average Bonchev–Trinajstić information content (AvgIpc) is 3.07. The van der Waals surface area contributed by atoms with Crippen LogP contribution in [0.5, 0.6) is 0 Å². The van der Waals surface area contributed by atoms with Crippen LogP contribution >= 0.6 is 11.3 Å². The fraction of sp³-hybridized carbons (Fsp3) is 0.200. The Balaban J connectivity index is 1.81. The van der Waals surface area contributed by atoms with Crippen molar-refractivity contribution in [2.45, 2.75) is 13.0 Å². The zero-order chi connectivity index (χ0) is 13.9. The molecule has 0 amide bonds. The predicted octanol–water partition coefficient (Wildman–Crippen LogP) is 2.48. The maximum atomic E-state index is 12.3. The first kappa shape index (κ1) is 13.0. The monoisotopic (exact) mass is 285 g/mol. The van der Waals surface area contributed by atoms with Gasteiger partial charge in [0.15, 0.2) is 5.78 Å². The molecule has 0 fully saturated rings. The second-order valence-corrected chi connectivity index (χ2v) is 5.55. The molecule has 0 aliphatic heterocycles. The number of hydrogen-bond acceptors (Lipinski definition) is 4. The number of hydrogen-bond donors (Lipinski definition) is 1. The maximum Gasteiger partial charge on any atom is 0.187 e. The topological polar surface area (TPSA) is 60.9 Å². The number of imidazole rings is 1. The van der Waals surface area contributed by atoms with Crippen LogP contribution in [0.25, 0.3) is 10.1 Å². The first-order chi connectivity index (χ1) is 9.78. The number of carbonyl (C=O) groups is 1. The molecule has 20 heavy (non-hydrogen) atoms. The summed E-state index contributed by atoms with van der Waals surface area (Å²) in [5.74, 6) is 0.0457. The van der Waals surface area contributed by atoms with Gasteiger partial charge in [0.1, 0.15) is 5.69 Å². The van der Waals surface area contributed by atoms with Crippen molar-refractivity contribution in [3.63, 3.8) is 0 Å². The smallest absolute Gasteiger partial charge is 0.187 e. The Morgan fingerprint density at radius 1 is 1.35 bits per heavy atom. The molecule has 4 nitrogen and oxygen atoms in total. The molecule has 5 heteroatoms. The molecule has 0 aliphatic carbocycles. The number of nitrogens with zero attached hydrogens (tertiary/aromatic N) is 2. The van der Waals surface area contributed by atoms with Gasteiger partial charge < -0.3 is 10.3 Å². The molecule has 0 unspecified atom stereocenters. The van der Waals surface area contributed by atoms with Gasteiger partial charge in [-0.15, -0.1) is 11.3 Å². The Morgan fingerprint density at radius 2 is 2.20 bits per heavy atom. The van der Waals surface area contributed by atoms with E-state index >= 15 is 0 Å². The van der Waals surface area contributed by atoms with Gasteiger partial charge in [-0.1, -0.05) is 18.2 Å². The lowest BCUT2D eigenvalue weighted by Gasteiger charge is -1.98. The summed E-state index contributed by atoms with van der Waals surface area (Å²) in [5, 5.41) is 3.21. The number of ketones is 1. The molecule has 0 saturated heterocycles. The van der Waals surface area contributed by atoms with Crippen LogP contribution in [0.15, 0.2) is 42.2 Å². The van der Waals surface area contributed by atoms with Crippen molar-refractivity contribution in [3.8, 4) is 0 Å². The van der Waals surface area contributed by atoms with E-state index in [2.05, 4.69) is 22.5 Å². The second-order valence-electron chi connectivity index (χ2n) is 4.64. The molecule has 1 aromatic carbocycles. The summed E-state index contributed by atoms with van der Waals surface area (Å²) >= 11 is 1.67. The summed E-state index contributed by atoms with van der Waals surface area (Å²) in [4.78, 5) is 16.4. The number of carbonyl (C=O) groups excluding carboxylic acids is 1. The second kappa shape index (κ2) is 5.56. The molecule has 2 heterocycles. The zero-order valence-corrected chi connectivity index (χ0v) is 11.8. The van der Waals surface area contributed by atoms with Crippen LogP contribution in [0.1, 0.15) is 16.1 Å². The summed E-state index contributed by atoms with van der Waals surface area (Å²) in [7, 11) is 0. The quantitative estimate of drug-likeness (QED) is 0.733. The van der Waals surface area contributed by atoms with E-state index in [9.17, 15) is 4.79 Å². The van der Waals surface area contributed by atoms with Gasteiger partial charge in [0.2, 0.25) is 0 Å². The third kappa shape index (κ3) is 2.50. The van der Waals surface area contributed by atoms with Gasteiger partial charge in [0, 0.05) is 30.4 Å². The van der Waals surface area contributed by atoms with E-state index in [0.29, 0.717) is 25.2 Å². The molecular weight excluding hydrogens is 270 g/mol. The van der Waals surface area contributed by atoms with Gasteiger partial charge >= 0.3 is 0 Å². The molecule has 102 valence electrons. The highest BCUT2D eigenvalue weighted by molar-refractivity contribution is 7.17. The lowest BCUT2D eigenvalue weighted by Crippen LogP contribution is -2.08. The SMILES string of the molecule is NCCn1cnc(C(=O)Cc2csc3ccccc23)c1. The average molecular weight is 285 g/mol. The van der Waals surface area contributed by atoms with Crippen LogP contribution in [0, 0.1) is 0 Å². The minimum Gasteiger partial charge on any atom is -0.335 e. The zero-order valence-electron chi connectivity index (χ0n) is 11.0. The largest absolute Gasteiger partial charge is 0.335 e. The molecular formula is C15H15N3OS. The molecule has 0 atom stereocenters. The highest BCUT2D eigenvalue weighted by Gasteiger charge is 2.13. The molecule has 0 radical (unpaired) electrons. The van der Waals surface area contributed by atoms with Crippen molar-refractivity contribution >= 4 is 27.2 Å². The van der Waals surface area contributed by atoms with E-state index in [1.165, 1.54) is 4.70 Å². The normalized spacial score (nSPS) is 11.1. The van der Waals surface area contributed by atoms with Crippen molar-refractivity contribution in [2.75, 3.05) is 6.54 Å². The number of rotatable bonds is 5. The van der Waals surface area contributed by atoms with Crippen LogP contribution in [0.4, 0.5) is 0 Å². The number of thiophene rings is 1. The van der Waals surface area contributed by atoms with E-state index in [4.69, 9.17) is 5.73 Å². The number of Topliss-reactive ketones (excluding diaryl/α,β-unsaturated/α-hetero) is 1. The molecule has 2 N–H and O–H groups in total. The van der Waals surface area contributed by atoms with E-state index in [-0.39, 0.29) is 5.78 Å². The molecule has 3 rings (SSSR count). The lowest BCUT2D eigenvalue weighted by molar-refractivity contribution is 0.0989. The third-order valence-corrected chi connectivity index (χ3v) is 4.23. The highest BCUT2D eigenvalue weighted by atomic mass is 32.1. The Bertz CT molecular complexity index is 744. The Hall–Kier alpha value is -1.98. The van der Waals surface area contributed by atoms with Crippen LogP contribution in [0.2, 0.25) is 0 Å². The number of benzene rings is 1. The van der Waals surface area contributed by atoms with Crippen molar-refractivity contribution < 1.29 is 4.79 Å². The van der Waals surface area contributed by atoms with E-state index in [1.54, 1.807) is 23.9 Å². The van der Waals surface area contributed by atoms with E-state index in [0.717, 1.165) is 10.9 Å². The van der Waals surface area contributed by atoms with Gasteiger partial charge in [-0.25, -0.2) is 4.98 Å². The fourth-order valence-corrected chi connectivity index (χ4v) is 3.17. The van der Waals surface area contributed by atoms with Crippen LogP contribution in [-0.4, -0.2) is 21.9 Å². The van der Waals surface area contributed by atoms with Crippen molar-refractivity contribution in [3.05, 3.63) is 53.4 Å². The van der Waals surface area contributed by atoms with Gasteiger partial charge in [0.25, 0.3) is 0 Å². The minimum absolute atomic E-state index is 0.0457. The standard InChI is InChI=1S/C15H15N3OS/c16-5-6-18-8-13(17-10-18)14(19)7-11-9-20-15-4-2-1-3-12(11)15/h1-4,8-10H,5-7,16H2. The van der Waals surface area contributed by atoms with Gasteiger partial charge in [-0.2, -0.15) is 0 Å². The number of nitrogens with two attached hydrogens (primary N) is 1. The molecule has 0 spiro atoms. The minimum atomic E-state index is 0.0457. The summed E-state index contributed by atoms with van der Waals surface area (Å²) < 4.78 is 3.06. The summed E-state index contributed by atoms with van der Waals surface area (Å²) in [6.45, 7) is 1.22. The van der Waals surface area contributed by atoms with Gasteiger partial charge in [-0.3, -0.25) is 4.79 Å². The van der Waals surface area contributed by atoms with Gasteiger partial charge in [0.05, 0.1) is 6.33 Å². The first-order valence-electron chi connectivity index (χ1n) is 6.48. The first-order valence-corrected chi connectivity index (χ1v) is 7.36.